The summed E-state index contributed by atoms with van der Waals surface area (Å²) in [6.07, 6.45) is 5.11. The van der Waals surface area contributed by atoms with Gasteiger partial charge in [-0.2, -0.15) is 0 Å². The van der Waals surface area contributed by atoms with E-state index in [9.17, 15) is 4.79 Å². The number of amides is 1. The number of nitrogens with one attached hydrogen (secondary N) is 1. The summed E-state index contributed by atoms with van der Waals surface area (Å²) >= 11 is 6.03. The number of nitrogens with two attached hydrogens (primary N) is 1. The number of halogens is 1. The van der Waals surface area contributed by atoms with Crippen molar-refractivity contribution < 1.29 is 9.53 Å². The van der Waals surface area contributed by atoms with Crippen LogP contribution in [-0.4, -0.2) is 43.6 Å². The van der Waals surface area contributed by atoms with Gasteiger partial charge in [-0.3, -0.25) is 4.79 Å². The van der Waals surface area contributed by atoms with Crippen molar-refractivity contribution in [3.63, 3.8) is 0 Å². The van der Waals surface area contributed by atoms with Crippen LogP contribution in [0.5, 0.6) is 5.75 Å². The van der Waals surface area contributed by atoms with E-state index in [-0.39, 0.29) is 5.91 Å². The molecule has 1 aromatic carbocycles. The molecule has 3 rings (SSSR count). The molecule has 2 saturated heterocycles. The maximum absolute atomic E-state index is 12.5. The molecule has 0 bridgehead atoms. The van der Waals surface area contributed by atoms with Gasteiger partial charge in [-0.05, 0) is 37.8 Å². The molecule has 0 radical (unpaired) electrons. The van der Waals surface area contributed by atoms with E-state index in [1.54, 1.807) is 12.1 Å². The average Bonchev–Trinajstić information content (AvgIpc) is 2.97. The SMILES string of the molecule is COc1cc(N)c(Cl)cc1C(=O)NCC1CC2CCCCN2C1. The number of carbonyl (C=O) groups excluding carboxylic acids is 1. The van der Waals surface area contributed by atoms with Crippen LogP contribution in [0.15, 0.2) is 12.1 Å². The molecular weight excluding hydrogens is 314 g/mol. The van der Waals surface area contributed by atoms with Gasteiger partial charge in [-0.1, -0.05) is 18.0 Å². The Morgan fingerprint density at radius 1 is 1.48 bits per heavy atom. The van der Waals surface area contributed by atoms with Gasteiger partial charge in [0.25, 0.3) is 5.91 Å². The molecule has 2 fully saturated rings. The van der Waals surface area contributed by atoms with Gasteiger partial charge in [0, 0.05) is 25.2 Å². The summed E-state index contributed by atoms with van der Waals surface area (Å²) < 4.78 is 5.24. The Morgan fingerprint density at radius 3 is 3.04 bits per heavy atom. The number of piperidine rings is 1. The molecule has 1 aromatic rings. The van der Waals surface area contributed by atoms with E-state index in [0.29, 0.717) is 40.5 Å². The molecule has 0 aromatic heterocycles. The smallest absolute Gasteiger partial charge is 0.255 e. The minimum absolute atomic E-state index is 0.159. The van der Waals surface area contributed by atoms with Crippen LogP contribution in [0, 0.1) is 5.92 Å². The maximum atomic E-state index is 12.5. The number of carbonyl (C=O) groups is 1. The van der Waals surface area contributed by atoms with Crippen molar-refractivity contribution in [2.45, 2.75) is 31.7 Å². The molecule has 2 heterocycles. The molecule has 3 N–H and O–H groups in total. The van der Waals surface area contributed by atoms with E-state index in [4.69, 9.17) is 22.1 Å². The van der Waals surface area contributed by atoms with Crippen molar-refractivity contribution in [3.05, 3.63) is 22.7 Å². The van der Waals surface area contributed by atoms with E-state index in [2.05, 4.69) is 10.2 Å². The van der Waals surface area contributed by atoms with Gasteiger partial charge in [0.2, 0.25) is 0 Å². The second-order valence-corrected chi connectivity index (χ2v) is 6.94. The van der Waals surface area contributed by atoms with Gasteiger partial charge in [-0.25, -0.2) is 0 Å². The minimum atomic E-state index is -0.159. The lowest BCUT2D eigenvalue weighted by molar-refractivity contribution is 0.0944. The van der Waals surface area contributed by atoms with Crippen LogP contribution in [-0.2, 0) is 0 Å². The Kier molecular flexibility index (Phi) is 4.97. The molecule has 2 unspecified atom stereocenters. The molecule has 0 spiro atoms. The molecule has 1 amide bonds. The van der Waals surface area contributed by atoms with Gasteiger partial charge in [0.15, 0.2) is 0 Å². The normalized spacial score (nSPS) is 24.3. The zero-order valence-corrected chi connectivity index (χ0v) is 14.2. The number of nitrogen functional groups attached to an aromatic ring is 1. The van der Waals surface area contributed by atoms with Crippen molar-refractivity contribution >= 4 is 23.2 Å². The summed E-state index contributed by atoms with van der Waals surface area (Å²) in [6, 6.07) is 3.88. The van der Waals surface area contributed by atoms with E-state index >= 15 is 0 Å². The van der Waals surface area contributed by atoms with E-state index < -0.39 is 0 Å². The lowest BCUT2D eigenvalue weighted by Crippen LogP contribution is -2.34. The molecular formula is C17H24ClN3O2. The van der Waals surface area contributed by atoms with Crippen molar-refractivity contribution in [1.29, 1.82) is 0 Å². The lowest BCUT2D eigenvalue weighted by Gasteiger charge is -2.28. The third kappa shape index (κ3) is 3.56. The fourth-order valence-corrected chi connectivity index (χ4v) is 3.92. The summed E-state index contributed by atoms with van der Waals surface area (Å²) in [4.78, 5) is 15.0. The van der Waals surface area contributed by atoms with Crippen LogP contribution in [0.3, 0.4) is 0 Å². The standard InChI is InChI=1S/C17H24ClN3O2/c1-23-16-8-15(19)14(18)7-13(16)17(22)20-9-11-6-12-4-2-3-5-21(12)10-11/h7-8,11-12H,2-6,9-10,19H2,1H3,(H,20,22). The van der Waals surface area contributed by atoms with Gasteiger partial charge >= 0.3 is 0 Å². The topological polar surface area (TPSA) is 67.6 Å². The number of methoxy groups -OCH3 is 1. The number of nitrogens with zero attached hydrogens (tertiary/aromatic N) is 1. The first-order valence-corrected chi connectivity index (χ1v) is 8.61. The third-order valence-electron chi connectivity index (χ3n) is 4.96. The van der Waals surface area contributed by atoms with E-state index in [0.717, 1.165) is 6.54 Å². The number of fused-ring (bicyclic) bond motifs is 1. The van der Waals surface area contributed by atoms with Crippen LogP contribution >= 0.6 is 11.6 Å². The van der Waals surface area contributed by atoms with Crippen LogP contribution in [0.25, 0.3) is 0 Å². The van der Waals surface area contributed by atoms with Crippen LogP contribution in [0.1, 0.15) is 36.0 Å². The molecule has 2 aliphatic rings. The predicted octanol–water partition coefficient (Wildman–Crippen LogP) is 2.54. The molecule has 5 nitrogen and oxygen atoms in total. The van der Waals surface area contributed by atoms with Crippen molar-refractivity contribution in [1.82, 2.24) is 10.2 Å². The van der Waals surface area contributed by atoms with E-state index in [1.807, 2.05) is 0 Å². The summed E-state index contributed by atoms with van der Waals surface area (Å²) in [6.45, 7) is 2.98. The largest absolute Gasteiger partial charge is 0.496 e. The summed E-state index contributed by atoms with van der Waals surface area (Å²) in [7, 11) is 1.52. The third-order valence-corrected chi connectivity index (χ3v) is 5.29. The number of rotatable bonds is 4. The average molecular weight is 338 g/mol. The molecule has 2 aliphatic heterocycles. The van der Waals surface area contributed by atoms with Crippen LogP contribution in [0.4, 0.5) is 5.69 Å². The van der Waals surface area contributed by atoms with Gasteiger partial charge in [0.05, 0.1) is 23.4 Å². The highest BCUT2D eigenvalue weighted by Gasteiger charge is 2.33. The quantitative estimate of drug-likeness (QED) is 0.828. The maximum Gasteiger partial charge on any atom is 0.255 e. The second-order valence-electron chi connectivity index (χ2n) is 6.53. The Bertz CT molecular complexity index is 579. The molecule has 0 aliphatic carbocycles. The van der Waals surface area contributed by atoms with Gasteiger partial charge < -0.3 is 20.7 Å². The monoisotopic (exact) mass is 337 g/mol. The molecule has 2 atom stereocenters. The Morgan fingerprint density at radius 2 is 2.30 bits per heavy atom. The second kappa shape index (κ2) is 6.97. The first-order valence-electron chi connectivity index (χ1n) is 8.23. The van der Waals surface area contributed by atoms with Gasteiger partial charge in [0.1, 0.15) is 5.75 Å². The Labute approximate surface area is 142 Å². The van der Waals surface area contributed by atoms with Crippen molar-refractivity contribution in [2.24, 2.45) is 5.92 Å². The summed E-state index contributed by atoms with van der Waals surface area (Å²) in [5.41, 5.74) is 6.60. The van der Waals surface area contributed by atoms with E-state index in [1.165, 1.54) is 39.3 Å². The number of hydrogen-bond donors (Lipinski definition) is 2. The molecule has 23 heavy (non-hydrogen) atoms. The fourth-order valence-electron chi connectivity index (χ4n) is 3.75. The van der Waals surface area contributed by atoms with Gasteiger partial charge in [-0.15, -0.1) is 0 Å². The number of ether oxygens (including phenoxy) is 1. The summed E-state index contributed by atoms with van der Waals surface area (Å²) in [5.74, 6) is 0.819. The van der Waals surface area contributed by atoms with Crippen LogP contribution in [0.2, 0.25) is 5.02 Å². The first kappa shape index (κ1) is 16.4. The number of anilines is 1. The summed E-state index contributed by atoms with van der Waals surface area (Å²) in [5, 5.41) is 3.40. The minimum Gasteiger partial charge on any atom is -0.496 e. The first-order chi connectivity index (χ1) is 11.1. The lowest BCUT2D eigenvalue weighted by atomic mass is 9.99. The van der Waals surface area contributed by atoms with Crippen LogP contribution < -0.4 is 15.8 Å². The number of hydrogen-bond acceptors (Lipinski definition) is 4. The number of benzene rings is 1. The zero-order valence-electron chi connectivity index (χ0n) is 13.5. The molecule has 0 saturated carbocycles. The Hall–Kier alpha value is -1.46. The highest BCUT2D eigenvalue weighted by atomic mass is 35.5. The highest BCUT2D eigenvalue weighted by molar-refractivity contribution is 6.33. The zero-order chi connectivity index (χ0) is 16.4. The van der Waals surface area contributed by atoms with Crippen molar-refractivity contribution in [2.75, 3.05) is 32.5 Å². The molecule has 126 valence electrons. The predicted molar refractivity (Wildman–Crippen MR) is 92.1 cm³/mol. The Balaban J connectivity index is 1.60. The van der Waals surface area contributed by atoms with Crippen molar-refractivity contribution in [3.8, 4) is 5.75 Å². The molecule has 6 heteroatoms. The fraction of sp³-hybridized carbons (Fsp3) is 0.588. The highest BCUT2D eigenvalue weighted by Crippen LogP contribution is 2.31.